The summed E-state index contributed by atoms with van der Waals surface area (Å²) in [5.74, 6) is -1.81. The molecule has 1 aliphatic carbocycles. The molecule has 0 bridgehead atoms. The van der Waals surface area contributed by atoms with Gasteiger partial charge in [-0.1, -0.05) is 31.1 Å². The van der Waals surface area contributed by atoms with E-state index in [0.717, 1.165) is 12.8 Å². The number of carbonyl (C=O) groups is 4. The highest BCUT2D eigenvalue weighted by Gasteiger charge is 2.61. The first-order chi connectivity index (χ1) is 20.7. The van der Waals surface area contributed by atoms with E-state index in [4.69, 9.17) is 9.47 Å². The van der Waals surface area contributed by atoms with Gasteiger partial charge >= 0.3 is 16.3 Å². The van der Waals surface area contributed by atoms with Gasteiger partial charge in [0, 0.05) is 18.5 Å². The molecule has 1 aromatic carbocycles. The van der Waals surface area contributed by atoms with Crippen LogP contribution >= 0.6 is 0 Å². The number of carbonyl (C=O) groups excluding carboxylic acids is 4. The van der Waals surface area contributed by atoms with E-state index in [9.17, 15) is 27.6 Å². The topological polar surface area (TPSA) is 172 Å². The minimum atomic E-state index is -4.36. The lowest BCUT2D eigenvalue weighted by Crippen LogP contribution is -2.58. The molecule has 1 saturated heterocycles. The van der Waals surface area contributed by atoms with Crippen molar-refractivity contribution in [2.24, 2.45) is 5.92 Å². The third-order valence-corrected chi connectivity index (χ3v) is 8.83. The van der Waals surface area contributed by atoms with Crippen molar-refractivity contribution in [3.05, 3.63) is 36.4 Å². The summed E-state index contributed by atoms with van der Waals surface area (Å²) < 4.78 is 40.7. The van der Waals surface area contributed by atoms with Crippen molar-refractivity contribution in [2.75, 3.05) is 18.4 Å². The molecular weight excluding hydrogens is 590 g/mol. The Bertz CT molecular complexity index is 1390. The average Bonchev–Trinajstić information content (AvgIpc) is 3.39. The SMILES string of the molecule is COc1cccc(NS(=O)(=O)NC(=O)C23CC2/C=C\CCCCCC(NC(=O)OC(C)(C)C)C(=O)N2CCCC2C(=O)N3)c1. The minimum Gasteiger partial charge on any atom is -0.497 e. The maximum Gasteiger partial charge on any atom is 0.408 e. The second-order valence-electron chi connectivity index (χ2n) is 12.5. The second kappa shape index (κ2) is 13.4. The summed E-state index contributed by atoms with van der Waals surface area (Å²) >= 11 is 0. The van der Waals surface area contributed by atoms with Gasteiger partial charge in [0.15, 0.2) is 0 Å². The van der Waals surface area contributed by atoms with Crippen molar-refractivity contribution < 1.29 is 37.1 Å². The zero-order valence-electron chi connectivity index (χ0n) is 25.7. The number of hydrogen-bond donors (Lipinski definition) is 4. The highest BCUT2D eigenvalue weighted by molar-refractivity contribution is 7.91. The zero-order valence-corrected chi connectivity index (χ0v) is 26.5. The van der Waals surface area contributed by atoms with E-state index in [-0.39, 0.29) is 12.1 Å². The van der Waals surface area contributed by atoms with Gasteiger partial charge in [-0.2, -0.15) is 8.42 Å². The molecular formula is C30H43N5O8S. The van der Waals surface area contributed by atoms with E-state index in [1.807, 2.05) is 12.2 Å². The highest BCUT2D eigenvalue weighted by atomic mass is 32.2. The summed E-state index contributed by atoms with van der Waals surface area (Å²) in [4.78, 5) is 54.9. The predicted octanol–water partition coefficient (Wildman–Crippen LogP) is 2.75. The number of benzene rings is 1. The van der Waals surface area contributed by atoms with Crippen LogP contribution in [-0.4, -0.2) is 74.0 Å². The Kier molecular flexibility index (Phi) is 10.1. The Labute approximate surface area is 258 Å². The summed E-state index contributed by atoms with van der Waals surface area (Å²) in [6, 6.07) is 4.47. The molecule has 2 aliphatic heterocycles. The number of nitrogens with one attached hydrogen (secondary N) is 4. The van der Waals surface area contributed by atoms with Gasteiger partial charge in [-0.05, 0) is 71.4 Å². The molecule has 4 amide bonds. The van der Waals surface area contributed by atoms with Crippen molar-refractivity contribution in [1.29, 1.82) is 0 Å². The van der Waals surface area contributed by atoms with Crippen LogP contribution in [0.5, 0.6) is 5.75 Å². The molecule has 2 fully saturated rings. The van der Waals surface area contributed by atoms with Crippen LogP contribution < -0.4 is 24.8 Å². The smallest absolute Gasteiger partial charge is 0.408 e. The Balaban J connectivity index is 1.53. The highest BCUT2D eigenvalue weighted by Crippen LogP contribution is 2.45. The molecule has 2 heterocycles. The molecule has 1 aromatic rings. The molecule has 0 spiro atoms. The fourth-order valence-electron chi connectivity index (χ4n) is 5.62. The number of methoxy groups -OCH3 is 1. The summed E-state index contributed by atoms with van der Waals surface area (Å²) in [5, 5.41) is 5.50. The van der Waals surface area contributed by atoms with Crippen LogP contribution in [0.3, 0.4) is 0 Å². The van der Waals surface area contributed by atoms with Crippen LogP contribution in [0, 0.1) is 5.92 Å². The van der Waals surface area contributed by atoms with E-state index < -0.39 is 63.2 Å². The first-order valence-electron chi connectivity index (χ1n) is 15.0. The quantitative estimate of drug-likeness (QED) is 0.346. The number of fused-ring (bicyclic) bond motifs is 2. The van der Waals surface area contributed by atoms with Crippen LogP contribution in [0.25, 0.3) is 0 Å². The molecule has 13 nitrogen and oxygen atoms in total. The van der Waals surface area contributed by atoms with Gasteiger partial charge in [-0.15, -0.1) is 0 Å². The van der Waals surface area contributed by atoms with E-state index in [2.05, 4.69) is 20.1 Å². The van der Waals surface area contributed by atoms with Crippen LogP contribution in [0.2, 0.25) is 0 Å². The van der Waals surface area contributed by atoms with Crippen LogP contribution in [0.15, 0.2) is 36.4 Å². The number of nitrogens with zero attached hydrogens (tertiary/aromatic N) is 1. The van der Waals surface area contributed by atoms with Gasteiger partial charge in [0.2, 0.25) is 11.8 Å². The fraction of sp³-hybridized carbons (Fsp3) is 0.600. The number of rotatable bonds is 6. The van der Waals surface area contributed by atoms with Crippen molar-refractivity contribution >= 4 is 39.7 Å². The third kappa shape index (κ3) is 8.42. The zero-order chi connectivity index (χ0) is 32.1. The summed E-state index contributed by atoms with van der Waals surface area (Å²) in [7, 11) is -2.91. The Hall–Kier alpha value is -3.81. The summed E-state index contributed by atoms with van der Waals surface area (Å²) in [6.45, 7) is 5.51. The third-order valence-electron chi connectivity index (χ3n) is 7.87. The standard InChI is InChI=1S/C30H43N5O8S/c1-29(2,3)43-28(39)31-23-15-9-7-5-6-8-12-20-19-30(20,32-25(36)24-16-11-17-35(24)26(23)37)27(38)34-44(40,41)33-21-13-10-14-22(18-21)42-4/h8,10,12-14,18,20,23-24,33H,5-7,9,11,15-17,19H2,1-4H3,(H,31,39)(H,32,36)(H,34,38)/b12-8-. The van der Waals surface area contributed by atoms with Gasteiger partial charge in [0.05, 0.1) is 12.8 Å². The lowest BCUT2D eigenvalue weighted by Gasteiger charge is -2.30. The Morgan fingerprint density at radius 2 is 1.86 bits per heavy atom. The second-order valence-corrected chi connectivity index (χ2v) is 13.9. The Morgan fingerprint density at radius 1 is 1.09 bits per heavy atom. The maximum absolute atomic E-state index is 13.7. The van der Waals surface area contributed by atoms with Gasteiger partial charge in [-0.25, -0.2) is 9.52 Å². The normalized spacial score (nSPS) is 26.9. The van der Waals surface area contributed by atoms with Crippen molar-refractivity contribution in [1.82, 2.24) is 20.3 Å². The maximum atomic E-state index is 13.7. The molecule has 4 unspecified atom stereocenters. The van der Waals surface area contributed by atoms with E-state index >= 15 is 0 Å². The summed E-state index contributed by atoms with van der Waals surface area (Å²) in [6.07, 6.45) is 7.57. The lowest BCUT2D eigenvalue weighted by atomic mass is 10.0. The number of alkyl carbamates (subject to hydrolysis) is 1. The fourth-order valence-corrected chi connectivity index (χ4v) is 6.54. The Morgan fingerprint density at radius 3 is 2.59 bits per heavy atom. The molecule has 44 heavy (non-hydrogen) atoms. The van der Waals surface area contributed by atoms with Crippen molar-refractivity contribution in [3.63, 3.8) is 0 Å². The van der Waals surface area contributed by atoms with Gasteiger partial charge in [0.1, 0.15) is 29.0 Å². The van der Waals surface area contributed by atoms with Gasteiger partial charge in [-0.3, -0.25) is 19.1 Å². The molecule has 4 atom stereocenters. The van der Waals surface area contributed by atoms with E-state index in [1.54, 1.807) is 32.9 Å². The number of hydrogen-bond acceptors (Lipinski definition) is 8. The van der Waals surface area contributed by atoms with Gasteiger partial charge in [0.25, 0.3) is 5.91 Å². The average molecular weight is 634 g/mol. The number of allylic oxidation sites excluding steroid dienone is 1. The molecule has 0 radical (unpaired) electrons. The van der Waals surface area contributed by atoms with Crippen molar-refractivity contribution in [3.8, 4) is 5.75 Å². The van der Waals surface area contributed by atoms with Crippen LogP contribution in [-0.2, 0) is 29.3 Å². The number of ether oxygens (including phenoxy) is 2. The monoisotopic (exact) mass is 633 g/mol. The molecule has 242 valence electrons. The van der Waals surface area contributed by atoms with Crippen LogP contribution in [0.4, 0.5) is 10.5 Å². The molecule has 3 aliphatic rings. The minimum absolute atomic E-state index is 0.190. The van der Waals surface area contributed by atoms with E-state index in [0.29, 0.717) is 44.4 Å². The van der Waals surface area contributed by atoms with Gasteiger partial charge < -0.3 is 25.0 Å². The molecule has 4 rings (SSSR count). The van der Waals surface area contributed by atoms with Crippen molar-refractivity contribution in [2.45, 2.75) is 95.4 Å². The summed E-state index contributed by atoms with van der Waals surface area (Å²) in [5.41, 5.74) is -2.06. The first-order valence-corrected chi connectivity index (χ1v) is 16.5. The first kappa shape index (κ1) is 33.1. The molecule has 14 heteroatoms. The molecule has 4 N–H and O–H groups in total. The molecule has 0 aromatic heterocycles. The predicted molar refractivity (Wildman–Crippen MR) is 163 cm³/mol. The molecule has 1 saturated carbocycles. The largest absolute Gasteiger partial charge is 0.497 e. The number of anilines is 1. The lowest BCUT2D eigenvalue weighted by molar-refractivity contribution is -0.141. The number of amides is 4. The van der Waals surface area contributed by atoms with Crippen LogP contribution in [0.1, 0.15) is 72.1 Å². The van der Waals surface area contributed by atoms with E-state index in [1.165, 1.54) is 24.1 Å².